The highest BCUT2D eigenvalue weighted by atomic mass is 35.5. The van der Waals surface area contributed by atoms with E-state index in [4.69, 9.17) is 23.2 Å². The van der Waals surface area contributed by atoms with Crippen LogP contribution in [0.15, 0.2) is 17.3 Å². The second-order valence-corrected chi connectivity index (χ2v) is 4.83. The van der Waals surface area contributed by atoms with E-state index < -0.39 is 0 Å². The molecule has 0 spiro atoms. The molecule has 0 atom stereocenters. The van der Waals surface area contributed by atoms with Crippen LogP contribution in [-0.2, 0) is 0 Å². The topological polar surface area (TPSA) is 54.4 Å². The van der Waals surface area contributed by atoms with Gasteiger partial charge in [0.05, 0.1) is 17.1 Å². The molecule has 0 fully saturated rings. The summed E-state index contributed by atoms with van der Waals surface area (Å²) in [6, 6.07) is 1.48. The van der Waals surface area contributed by atoms with Crippen molar-refractivity contribution in [1.82, 2.24) is 10.3 Å². The highest BCUT2D eigenvalue weighted by Gasteiger charge is 2.13. The number of aliphatic imine (C=N–C) groups is 1. The lowest BCUT2D eigenvalue weighted by Gasteiger charge is -2.04. The molecule has 1 aliphatic rings. The molecule has 0 radical (unpaired) electrons. The fraction of sp³-hybridized carbons (Fsp3) is 0.222. The van der Waals surface area contributed by atoms with Gasteiger partial charge in [-0.1, -0.05) is 35.0 Å². The van der Waals surface area contributed by atoms with Crippen molar-refractivity contribution in [3.63, 3.8) is 0 Å². The molecule has 0 aromatic carbocycles. The van der Waals surface area contributed by atoms with Crippen LogP contribution in [0.4, 0.5) is 0 Å². The van der Waals surface area contributed by atoms with Gasteiger partial charge in [0.25, 0.3) is 5.91 Å². The SMILES string of the molecule is O=C(NC1=NCCS1)c1cnc(Cl)c(Cl)c1. The lowest BCUT2D eigenvalue weighted by Crippen LogP contribution is -2.27. The molecule has 1 amide bonds. The largest absolute Gasteiger partial charge is 0.301 e. The predicted octanol–water partition coefficient (Wildman–Crippen LogP) is 2.22. The summed E-state index contributed by atoms with van der Waals surface area (Å²) in [6.45, 7) is 0.736. The maximum atomic E-state index is 11.7. The standard InChI is InChI=1S/C9H7Cl2N3OS/c10-6-3-5(4-13-7(6)11)8(15)14-9-12-1-2-16-9/h3-4H,1-2H2,(H,12,14,15). The smallest absolute Gasteiger partial charge is 0.258 e. The summed E-state index contributed by atoms with van der Waals surface area (Å²) in [7, 11) is 0. The monoisotopic (exact) mass is 275 g/mol. The molecule has 0 saturated carbocycles. The fourth-order valence-corrected chi connectivity index (χ4v) is 2.12. The summed E-state index contributed by atoms with van der Waals surface area (Å²) in [4.78, 5) is 19.6. The van der Waals surface area contributed by atoms with Gasteiger partial charge in [0.15, 0.2) is 5.17 Å². The van der Waals surface area contributed by atoms with Gasteiger partial charge in [0.2, 0.25) is 0 Å². The van der Waals surface area contributed by atoms with Gasteiger partial charge in [-0.3, -0.25) is 9.79 Å². The number of amides is 1. The molecule has 0 saturated heterocycles. The minimum absolute atomic E-state index is 0.186. The molecule has 84 valence electrons. The molecule has 0 aliphatic carbocycles. The van der Waals surface area contributed by atoms with Crippen LogP contribution in [-0.4, -0.2) is 28.4 Å². The molecule has 4 nitrogen and oxygen atoms in total. The van der Waals surface area contributed by atoms with E-state index in [0.29, 0.717) is 10.7 Å². The summed E-state index contributed by atoms with van der Waals surface area (Å²) >= 11 is 12.9. The van der Waals surface area contributed by atoms with E-state index in [2.05, 4.69) is 15.3 Å². The number of hydrogen-bond donors (Lipinski definition) is 1. The Labute approximate surface area is 106 Å². The molecule has 1 N–H and O–H groups in total. The Balaban J connectivity index is 2.11. The first-order chi connectivity index (χ1) is 7.66. The summed E-state index contributed by atoms with van der Waals surface area (Å²) in [5.41, 5.74) is 0.365. The number of halogens is 2. The van der Waals surface area contributed by atoms with E-state index >= 15 is 0 Å². The normalized spacial score (nSPS) is 14.8. The Hall–Kier alpha value is -0.780. The first-order valence-corrected chi connectivity index (χ1v) is 6.20. The lowest BCUT2D eigenvalue weighted by molar-refractivity contribution is 0.0977. The number of pyridine rings is 1. The maximum absolute atomic E-state index is 11.7. The minimum Gasteiger partial charge on any atom is -0.301 e. The number of hydrogen-bond acceptors (Lipinski definition) is 4. The van der Waals surface area contributed by atoms with Crippen molar-refractivity contribution in [2.24, 2.45) is 4.99 Å². The second-order valence-electron chi connectivity index (χ2n) is 2.99. The van der Waals surface area contributed by atoms with Crippen molar-refractivity contribution >= 4 is 46.0 Å². The Morgan fingerprint density at radius 2 is 2.31 bits per heavy atom. The third kappa shape index (κ3) is 2.66. The van der Waals surface area contributed by atoms with Crippen LogP contribution in [0, 0.1) is 0 Å². The van der Waals surface area contributed by atoms with Crippen molar-refractivity contribution in [3.8, 4) is 0 Å². The van der Waals surface area contributed by atoms with Crippen LogP contribution in [0.5, 0.6) is 0 Å². The molecule has 1 aromatic heterocycles. The molecule has 2 heterocycles. The van der Waals surface area contributed by atoms with Crippen LogP contribution in [0.3, 0.4) is 0 Å². The lowest BCUT2D eigenvalue weighted by atomic mass is 10.3. The van der Waals surface area contributed by atoms with Gasteiger partial charge in [-0.25, -0.2) is 4.98 Å². The van der Waals surface area contributed by atoms with Crippen LogP contribution in [0.2, 0.25) is 10.2 Å². The van der Waals surface area contributed by atoms with Gasteiger partial charge < -0.3 is 5.32 Å². The molecular weight excluding hydrogens is 269 g/mol. The van der Waals surface area contributed by atoms with Crippen molar-refractivity contribution in [3.05, 3.63) is 28.0 Å². The zero-order valence-electron chi connectivity index (χ0n) is 8.04. The number of rotatable bonds is 1. The van der Waals surface area contributed by atoms with Gasteiger partial charge in [-0.15, -0.1) is 0 Å². The van der Waals surface area contributed by atoms with Crippen LogP contribution in [0.25, 0.3) is 0 Å². The Bertz CT molecular complexity index is 464. The first kappa shape index (κ1) is 11.7. The average molecular weight is 276 g/mol. The minimum atomic E-state index is -0.279. The number of thioether (sulfide) groups is 1. The van der Waals surface area contributed by atoms with E-state index in [-0.39, 0.29) is 16.1 Å². The van der Waals surface area contributed by atoms with Crippen molar-refractivity contribution in [1.29, 1.82) is 0 Å². The quantitative estimate of drug-likeness (QED) is 0.800. The van der Waals surface area contributed by atoms with Crippen LogP contribution < -0.4 is 5.32 Å². The van der Waals surface area contributed by atoms with Crippen molar-refractivity contribution in [2.45, 2.75) is 0 Å². The number of aromatic nitrogens is 1. The number of nitrogens with one attached hydrogen (secondary N) is 1. The molecular formula is C9H7Cl2N3OS. The highest BCUT2D eigenvalue weighted by molar-refractivity contribution is 8.14. The third-order valence-electron chi connectivity index (χ3n) is 1.86. The van der Waals surface area contributed by atoms with Gasteiger partial charge >= 0.3 is 0 Å². The van der Waals surface area contributed by atoms with Crippen LogP contribution >= 0.6 is 35.0 Å². The molecule has 1 aliphatic heterocycles. The molecule has 16 heavy (non-hydrogen) atoms. The first-order valence-electron chi connectivity index (χ1n) is 4.46. The zero-order chi connectivity index (χ0) is 11.5. The van der Waals surface area contributed by atoms with E-state index in [1.165, 1.54) is 24.0 Å². The summed E-state index contributed by atoms with van der Waals surface area (Å²) in [6.07, 6.45) is 1.38. The molecule has 7 heteroatoms. The van der Waals surface area contributed by atoms with E-state index in [1.54, 1.807) is 0 Å². The Morgan fingerprint density at radius 1 is 1.50 bits per heavy atom. The van der Waals surface area contributed by atoms with E-state index in [0.717, 1.165) is 12.3 Å². The Morgan fingerprint density at radius 3 is 2.94 bits per heavy atom. The number of nitrogens with zero attached hydrogens (tertiary/aromatic N) is 2. The highest BCUT2D eigenvalue weighted by Crippen LogP contribution is 2.19. The number of carbonyl (C=O) groups excluding carboxylic acids is 1. The summed E-state index contributed by atoms with van der Waals surface area (Å²) < 4.78 is 0. The second kappa shape index (κ2) is 5.03. The van der Waals surface area contributed by atoms with Gasteiger partial charge in [-0.2, -0.15) is 0 Å². The molecule has 0 bridgehead atoms. The third-order valence-corrected chi connectivity index (χ3v) is 3.44. The van der Waals surface area contributed by atoms with Gasteiger partial charge in [0.1, 0.15) is 5.15 Å². The number of carbonyl (C=O) groups is 1. The molecule has 1 aromatic rings. The van der Waals surface area contributed by atoms with E-state index in [9.17, 15) is 4.79 Å². The van der Waals surface area contributed by atoms with Crippen LogP contribution in [0.1, 0.15) is 10.4 Å². The Kier molecular flexibility index (Phi) is 3.68. The summed E-state index contributed by atoms with van der Waals surface area (Å²) in [5, 5.41) is 3.75. The predicted molar refractivity (Wildman–Crippen MR) is 66.5 cm³/mol. The fourth-order valence-electron chi connectivity index (χ4n) is 1.13. The zero-order valence-corrected chi connectivity index (χ0v) is 10.4. The molecule has 0 unspecified atom stereocenters. The van der Waals surface area contributed by atoms with Gasteiger partial charge in [-0.05, 0) is 6.07 Å². The average Bonchev–Trinajstić information content (AvgIpc) is 2.74. The number of amidine groups is 1. The van der Waals surface area contributed by atoms with E-state index in [1.807, 2.05) is 0 Å². The van der Waals surface area contributed by atoms with Crippen molar-refractivity contribution < 1.29 is 4.79 Å². The molecule has 2 rings (SSSR count). The van der Waals surface area contributed by atoms with Gasteiger partial charge in [0, 0.05) is 11.9 Å². The summed E-state index contributed by atoms with van der Waals surface area (Å²) in [5.74, 6) is 0.620. The maximum Gasteiger partial charge on any atom is 0.258 e. The van der Waals surface area contributed by atoms with Crippen molar-refractivity contribution in [2.75, 3.05) is 12.3 Å².